The van der Waals surface area contributed by atoms with Gasteiger partial charge < -0.3 is 33.4 Å². The SMILES string of the molecule is COc1cc(Cl)ccc1C1(C)Oc2cccc(C3CCN(Cc4nc5c(OC)cc(C(=O)O)cc5n4CC4CCO4)CC3)c2O1. The van der Waals surface area contributed by atoms with Crippen LogP contribution >= 0.6 is 11.6 Å². The molecule has 1 aromatic heterocycles. The van der Waals surface area contributed by atoms with Gasteiger partial charge in [-0.05, 0) is 74.7 Å². The number of piperidine rings is 1. The number of hydrogen-bond donors (Lipinski definition) is 1. The van der Waals surface area contributed by atoms with Crippen LogP contribution in [0, 0.1) is 0 Å². The van der Waals surface area contributed by atoms with E-state index >= 15 is 0 Å². The predicted octanol–water partition coefficient (Wildman–Crippen LogP) is 6.22. The lowest BCUT2D eigenvalue weighted by Gasteiger charge is -2.33. The molecule has 3 aliphatic heterocycles. The highest BCUT2D eigenvalue weighted by Crippen LogP contribution is 2.51. The van der Waals surface area contributed by atoms with Crippen LogP contribution < -0.4 is 18.9 Å². The van der Waals surface area contributed by atoms with Gasteiger partial charge in [0.15, 0.2) is 11.5 Å². The molecule has 236 valence electrons. The molecule has 45 heavy (non-hydrogen) atoms. The highest BCUT2D eigenvalue weighted by Gasteiger charge is 2.43. The maximum Gasteiger partial charge on any atom is 0.335 e. The number of carboxylic acid groups (broad SMARTS) is 1. The van der Waals surface area contributed by atoms with Gasteiger partial charge >= 0.3 is 5.97 Å². The lowest BCUT2D eigenvalue weighted by molar-refractivity contribution is -0.0700. The number of rotatable bonds is 9. The minimum absolute atomic E-state index is 0.0901. The lowest BCUT2D eigenvalue weighted by Crippen LogP contribution is -2.35. The molecule has 0 radical (unpaired) electrons. The highest BCUT2D eigenvalue weighted by atomic mass is 35.5. The van der Waals surface area contributed by atoms with Crippen molar-refractivity contribution in [3.63, 3.8) is 0 Å². The number of benzene rings is 3. The molecule has 4 aromatic rings. The lowest BCUT2D eigenvalue weighted by atomic mass is 9.88. The summed E-state index contributed by atoms with van der Waals surface area (Å²) in [6.45, 7) is 5.66. The number of methoxy groups -OCH3 is 2. The number of hydrogen-bond acceptors (Lipinski definition) is 8. The van der Waals surface area contributed by atoms with Gasteiger partial charge in [-0.25, -0.2) is 9.78 Å². The first-order chi connectivity index (χ1) is 21.8. The van der Waals surface area contributed by atoms with E-state index < -0.39 is 11.8 Å². The zero-order valence-electron chi connectivity index (χ0n) is 25.5. The molecule has 0 aliphatic carbocycles. The quantitative estimate of drug-likeness (QED) is 0.230. The van der Waals surface area contributed by atoms with Crippen LogP contribution in [0.4, 0.5) is 0 Å². The summed E-state index contributed by atoms with van der Waals surface area (Å²) >= 11 is 6.21. The van der Waals surface area contributed by atoms with Gasteiger partial charge in [0.2, 0.25) is 0 Å². The van der Waals surface area contributed by atoms with Crippen molar-refractivity contribution in [1.82, 2.24) is 14.5 Å². The molecule has 0 saturated carbocycles. The number of imidazole rings is 1. The average Bonchev–Trinajstić information content (AvgIpc) is 3.55. The Balaban J connectivity index is 1.10. The Kier molecular flexibility index (Phi) is 7.75. The molecule has 2 fully saturated rings. The average molecular weight is 634 g/mol. The third-order valence-electron chi connectivity index (χ3n) is 9.20. The molecule has 0 amide bonds. The molecule has 11 heteroatoms. The molecule has 1 N–H and O–H groups in total. The second-order valence-corrected chi connectivity index (χ2v) is 12.4. The molecule has 2 atom stereocenters. The molecule has 2 saturated heterocycles. The summed E-state index contributed by atoms with van der Waals surface area (Å²) in [5.74, 6) is 1.70. The van der Waals surface area contributed by atoms with Crippen molar-refractivity contribution in [3.8, 4) is 23.0 Å². The largest absolute Gasteiger partial charge is 0.496 e. The monoisotopic (exact) mass is 633 g/mol. The number of nitrogens with zero attached hydrogens (tertiary/aromatic N) is 3. The molecule has 3 aliphatic rings. The standard InChI is InChI=1S/C34H36ClN3O7/c1-34(25-8-7-22(35)17-28(25)41-2)44-27-6-4-5-24(32(27)45-34)20-9-12-37(13-10-20)19-30-36-31-26(38(30)18-23-11-14-43-23)15-21(33(39)40)16-29(31)42-3/h4-8,15-17,20,23H,9-14,18-19H2,1-3H3,(H,39,40). The molecule has 7 rings (SSSR count). The van der Waals surface area contributed by atoms with E-state index in [4.69, 9.17) is 40.3 Å². The summed E-state index contributed by atoms with van der Waals surface area (Å²) in [5, 5.41) is 10.3. The van der Waals surface area contributed by atoms with E-state index in [2.05, 4.69) is 15.5 Å². The smallest absolute Gasteiger partial charge is 0.335 e. The van der Waals surface area contributed by atoms with Crippen LogP contribution in [0.25, 0.3) is 11.0 Å². The summed E-state index contributed by atoms with van der Waals surface area (Å²) in [6, 6.07) is 14.8. The fourth-order valence-corrected chi connectivity index (χ4v) is 6.86. The number of carbonyl (C=O) groups is 1. The van der Waals surface area contributed by atoms with E-state index in [9.17, 15) is 9.90 Å². The van der Waals surface area contributed by atoms with Crippen LogP contribution in [-0.4, -0.2) is 65.5 Å². The first-order valence-electron chi connectivity index (χ1n) is 15.3. The molecule has 0 spiro atoms. The van der Waals surface area contributed by atoms with E-state index in [1.165, 1.54) is 6.07 Å². The number of carboxylic acids is 1. The van der Waals surface area contributed by atoms with Crippen molar-refractivity contribution >= 4 is 28.6 Å². The Morgan fingerprint density at radius 1 is 1.07 bits per heavy atom. The Morgan fingerprint density at radius 2 is 1.84 bits per heavy atom. The summed E-state index contributed by atoms with van der Waals surface area (Å²) < 4.78 is 32.0. The van der Waals surface area contributed by atoms with Crippen LogP contribution in [0.2, 0.25) is 5.02 Å². The van der Waals surface area contributed by atoms with Gasteiger partial charge in [-0.15, -0.1) is 0 Å². The Labute approximate surface area is 266 Å². The first-order valence-corrected chi connectivity index (χ1v) is 15.6. The molecule has 2 unspecified atom stereocenters. The highest BCUT2D eigenvalue weighted by molar-refractivity contribution is 6.30. The van der Waals surface area contributed by atoms with Crippen molar-refractivity contribution < 1.29 is 33.6 Å². The van der Waals surface area contributed by atoms with Crippen molar-refractivity contribution in [2.45, 2.75) is 57.1 Å². The molecule has 0 bridgehead atoms. The van der Waals surface area contributed by atoms with Gasteiger partial charge in [-0.2, -0.15) is 0 Å². The van der Waals surface area contributed by atoms with Crippen molar-refractivity contribution in [2.75, 3.05) is 33.9 Å². The molecule has 10 nitrogen and oxygen atoms in total. The second-order valence-electron chi connectivity index (χ2n) is 12.0. The van der Waals surface area contributed by atoms with Crippen molar-refractivity contribution in [2.24, 2.45) is 0 Å². The molecule has 3 aromatic carbocycles. The van der Waals surface area contributed by atoms with Gasteiger partial charge in [0, 0.05) is 24.1 Å². The number of ether oxygens (including phenoxy) is 5. The Hall–Kier alpha value is -3.99. The van der Waals surface area contributed by atoms with Gasteiger partial charge in [0.25, 0.3) is 5.79 Å². The van der Waals surface area contributed by atoms with Crippen molar-refractivity contribution in [1.29, 1.82) is 0 Å². The number of aromatic carboxylic acids is 1. The van der Waals surface area contributed by atoms with Crippen LogP contribution in [-0.2, 0) is 23.6 Å². The fraction of sp³-hybridized carbons (Fsp3) is 0.412. The number of halogens is 1. The summed E-state index contributed by atoms with van der Waals surface area (Å²) in [6.07, 6.45) is 2.95. The van der Waals surface area contributed by atoms with E-state index in [0.717, 1.165) is 72.9 Å². The van der Waals surface area contributed by atoms with Gasteiger partial charge in [0.1, 0.15) is 22.8 Å². The number of aromatic nitrogens is 2. The van der Waals surface area contributed by atoms with E-state index in [0.29, 0.717) is 41.0 Å². The zero-order chi connectivity index (χ0) is 31.3. The van der Waals surface area contributed by atoms with Gasteiger partial charge in [-0.3, -0.25) is 4.90 Å². The van der Waals surface area contributed by atoms with Crippen LogP contribution in [0.15, 0.2) is 48.5 Å². The first kappa shape index (κ1) is 29.7. The van der Waals surface area contributed by atoms with Gasteiger partial charge in [0.05, 0.1) is 50.1 Å². The second kappa shape index (κ2) is 11.7. The third kappa shape index (κ3) is 5.45. The van der Waals surface area contributed by atoms with E-state index in [-0.39, 0.29) is 11.7 Å². The summed E-state index contributed by atoms with van der Waals surface area (Å²) in [7, 11) is 3.16. The van der Waals surface area contributed by atoms with Crippen LogP contribution in [0.3, 0.4) is 0 Å². The Morgan fingerprint density at radius 3 is 2.53 bits per heavy atom. The van der Waals surface area contributed by atoms with E-state index in [1.807, 2.05) is 31.2 Å². The molecular formula is C34H36ClN3O7. The number of fused-ring (bicyclic) bond motifs is 2. The number of para-hydroxylation sites is 1. The topological polar surface area (TPSA) is 105 Å². The minimum Gasteiger partial charge on any atom is -0.496 e. The summed E-state index contributed by atoms with van der Waals surface area (Å²) in [4.78, 5) is 19.2. The zero-order valence-corrected chi connectivity index (χ0v) is 26.3. The van der Waals surface area contributed by atoms with Crippen LogP contribution in [0.5, 0.6) is 23.0 Å². The van der Waals surface area contributed by atoms with Gasteiger partial charge in [-0.1, -0.05) is 23.7 Å². The molecular weight excluding hydrogens is 598 g/mol. The van der Waals surface area contributed by atoms with Crippen molar-refractivity contribution in [3.05, 3.63) is 76.1 Å². The number of likely N-dealkylation sites (tertiary alicyclic amines) is 1. The maximum atomic E-state index is 11.9. The normalized spacial score (nSPS) is 21.6. The Bertz CT molecular complexity index is 1760. The third-order valence-corrected chi connectivity index (χ3v) is 9.44. The fourth-order valence-electron chi connectivity index (χ4n) is 6.70. The summed E-state index contributed by atoms with van der Waals surface area (Å²) in [5.41, 5.74) is 3.51. The molecule has 4 heterocycles. The minimum atomic E-state index is -1.04. The predicted molar refractivity (Wildman–Crippen MR) is 168 cm³/mol. The maximum absolute atomic E-state index is 11.9. The van der Waals surface area contributed by atoms with E-state index in [1.54, 1.807) is 26.4 Å². The van der Waals surface area contributed by atoms with Crippen LogP contribution in [0.1, 0.15) is 59.4 Å².